The van der Waals surface area contributed by atoms with E-state index in [-0.39, 0.29) is 0 Å². The largest absolute Gasteiger partial charge is 0.497 e. The summed E-state index contributed by atoms with van der Waals surface area (Å²) in [4.78, 5) is 4.94. The van der Waals surface area contributed by atoms with E-state index in [0.717, 1.165) is 49.9 Å². The van der Waals surface area contributed by atoms with Crippen molar-refractivity contribution in [2.45, 2.75) is 13.0 Å². The minimum absolute atomic E-state index is 0.865. The molecule has 3 nitrogen and oxygen atoms in total. The molecule has 0 unspecified atom stereocenters. The van der Waals surface area contributed by atoms with Crippen molar-refractivity contribution >= 4 is 17.3 Å². The molecule has 0 aromatic heterocycles. The van der Waals surface area contributed by atoms with E-state index >= 15 is 0 Å². The van der Waals surface area contributed by atoms with Gasteiger partial charge in [-0.15, -0.1) is 0 Å². The predicted molar refractivity (Wildman–Crippen MR) is 96.6 cm³/mol. The summed E-state index contributed by atoms with van der Waals surface area (Å²) in [5.41, 5.74) is 2.48. The second-order valence-electron chi connectivity index (χ2n) is 5.91. The van der Waals surface area contributed by atoms with Crippen molar-refractivity contribution in [2.75, 3.05) is 38.2 Å². The van der Waals surface area contributed by atoms with Crippen molar-refractivity contribution < 1.29 is 4.74 Å². The number of anilines is 1. The minimum atomic E-state index is 0.865. The SMILES string of the molecule is COc1ccc(N2CCCN(Cc3ccccc3Cl)CC2)cc1. The van der Waals surface area contributed by atoms with Gasteiger partial charge in [-0.1, -0.05) is 29.8 Å². The van der Waals surface area contributed by atoms with Gasteiger partial charge in [0, 0.05) is 43.4 Å². The highest BCUT2D eigenvalue weighted by molar-refractivity contribution is 6.31. The zero-order chi connectivity index (χ0) is 16.1. The quantitative estimate of drug-likeness (QED) is 0.840. The summed E-state index contributed by atoms with van der Waals surface area (Å²) >= 11 is 6.29. The van der Waals surface area contributed by atoms with Gasteiger partial charge in [0.2, 0.25) is 0 Å². The van der Waals surface area contributed by atoms with Gasteiger partial charge in [-0.3, -0.25) is 4.90 Å². The molecule has 0 spiro atoms. The molecule has 0 saturated carbocycles. The fourth-order valence-corrected chi connectivity index (χ4v) is 3.24. The fraction of sp³-hybridized carbons (Fsp3) is 0.368. The zero-order valence-corrected chi connectivity index (χ0v) is 14.3. The Bertz CT molecular complexity index is 630. The average molecular weight is 331 g/mol. The number of halogens is 1. The monoisotopic (exact) mass is 330 g/mol. The van der Waals surface area contributed by atoms with Crippen LogP contribution in [0.25, 0.3) is 0 Å². The van der Waals surface area contributed by atoms with E-state index in [1.807, 2.05) is 24.3 Å². The van der Waals surface area contributed by atoms with Gasteiger partial charge in [0.25, 0.3) is 0 Å². The summed E-state index contributed by atoms with van der Waals surface area (Å²) in [7, 11) is 1.70. The first-order valence-electron chi connectivity index (χ1n) is 8.11. The van der Waals surface area contributed by atoms with Crippen molar-refractivity contribution in [1.29, 1.82) is 0 Å². The van der Waals surface area contributed by atoms with Crippen LogP contribution in [0.15, 0.2) is 48.5 Å². The smallest absolute Gasteiger partial charge is 0.119 e. The van der Waals surface area contributed by atoms with Crippen LogP contribution in [0.2, 0.25) is 5.02 Å². The van der Waals surface area contributed by atoms with Crippen LogP contribution in [0.4, 0.5) is 5.69 Å². The third-order valence-corrected chi connectivity index (χ3v) is 4.75. The third kappa shape index (κ3) is 4.18. The number of benzene rings is 2. The number of methoxy groups -OCH3 is 1. The summed E-state index contributed by atoms with van der Waals surface area (Å²) in [5, 5.41) is 0.865. The first-order chi connectivity index (χ1) is 11.3. The topological polar surface area (TPSA) is 15.7 Å². The first-order valence-corrected chi connectivity index (χ1v) is 8.49. The van der Waals surface area contributed by atoms with Crippen LogP contribution in [0.1, 0.15) is 12.0 Å². The third-order valence-electron chi connectivity index (χ3n) is 4.38. The Morgan fingerprint density at radius 2 is 1.74 bits per heavy atom. The van der Waals surface area contributed by atoms with Crippen molar-refractivity contribution in [1.82, 2.24) is 4.90 Å². The van der Waals surface area contributed by atoms with Gasteiger partial charge >= 0.3 is 0 Å². The average Bonchev–Trinajstić information content (AvgIpc) is 2.83. The molecule has 1 saturated heterocycles. The van der Waals surface area contributed by atoms with Crippen molar-refractivity contribution in [2.24, 2.45) is 0 Å². The molecule has 1 aliphatic heterocycles. The maximum absolute atomic E-state index is 6.29. The van der Waals surface area contributed by atoms with Crippen molar-refractivity contribution in [3.8, 4) is 5.75 Å². The minimum Gasteiger partial charge on any atom is -0.497 e. The number of ether oxygens (including phenoxy) is 1. The number of hydrogen-bond donors (Lipinski definition) is 0. The Morgan fingerprint density at radius 1 is 0.957 bits per heavy atom. The molecule has 3 rings (SSSR count). The van der Waals surface area contributed by atoms with E-state index in [1.165, 1.54) is 11.3 Å². The van der Waals surface area contributed by atoms with Crippen LogP contribution >= 0.6 is 11.6 Å². The van der Waals surface area contributed by atoms with Crippen LogP contribution in [0.3, 0.4) is 0 Å². The van der Waals surface area contributed by atoms with E-state index in [4.69, 9.17) is 16.3 Å². The van der Waals surface area contributed by atoms with Gasteiger partial charge in [0.15, 0.2) is 0 Å². The van der Waals surface area contributed by atoms with Gasteiger partial charge < -0.3 is 9.64 Å². The molecular formula is C19H23ClN2O. The second-order valence-corrected chi connectivity index (χ2v) is 6.31. The first kappa shape index (κ1) is 16.2. The lowest BCUT2D eigenvalue weighted by Gasteiger charge is -2.24. The molecule has 1 aliphatic rings. The lowest BCUT2D eigenvalue weighted by atomic mass is 10.2. The van der Waals surface area contributed by atoms with Gasteiger partial charge in [-0.25, -0.2) is 0 Å². The van der Waals surface area contributed by atoms with Gasteiger partial charge in [-0.2, -0.15) is 0 Å². The lowest BCUT2D eigenvalue weighted by Crippen LogP contribution is -2.30. The molecule has 0 atom stereocenters. The molecule has 0 bridgehead atoms. The molecule has 2 aromatic rings. The molecule has 1 heterocycles. The van der Waals surface area contributed by atoms with E-state index in [2.05, 4.69) is 34.1 Å². The summed E-state index contributed by atoms with van der Waals surface area (Å²) in [6.45, 7) is 5.22. The van der Waals surface area contributed by atoms with Crippen LogP contribution in [0, 0.1) is 0 Å². The van der Waals surface area contributed by atoms with E-state index < -0.39 is 0 Å². The highest BCUT2D eigenvalue weighted by Crippen LogP contribution is 2.22. The van der Waals surface area contributed by atoms with Crippen LogP contribution in [-0.2, 0) is 6.54 Å². The number of hydrogen-bond acceptors (Lipinski definition) is 3. The maximum Gasteiger partial charge on any atom is 0.119 e. The Kier molecular flexibility index (Phi) is 5.42. The number of rotatable bonds is 4. The zero-order valence-electron chi connectivity index (χ0n) is 13.5. The van der Waals surface area contributed by atoms with Crippen LogP contribution in [-0.4, -0.2) is 38.2 Å². The van der Waals surface area contributed by atoms with Gasteiger partial charge in [0.1, 0.15) is 5.75 Å². The summed E-state index contributed by atoms with van der Waals surface area (Å²) in [6.07, 6.45) is 1.16. The highest BCUT2D eigenvalue weighted by Gasteiger charge is 2.16. The summed E-state index contributed by atoms with van der Waals surface area (Å²) < 4.78 is 5.24. The molecule has 0 amide bonds. The van der Waals surface area contributed by atoms with Crippen LogP contribution < -0.4 is 9.64 Å². The van der Waals surface area contributed by atoms with Gasteiger partial charge in [-0.05, 0) is 42.3 Å². The molecule has 0 radical (unpaired) electrons. The lowest BCUT2D eigenvalue weighted by molar-refractivity contribution is 0.285. The Morgan fingerprint density at radius 3 is 2.48 bits per heavy atom. The molecule has 0 N–H and O–H groups in total. The molecule has 23 heavy (non-hydrogen) atoms. The van der Waals surface area contributed by atoms with Crippen molar-refractivity contribution in [3.63, 3.8) is 0 Å². The summed E-state index contributed by atoms with van der Waals surface area (Å²) in [6, 6.07) is 16.5. The maximum atomic E-state index is 6.29. The van der Waals surface area contributed by atoms with E-state index in [0.29, 0.717) is 0 Å². The Balaban J connectivity index is 1.61. The molecule has 0 aliphatic carbocycles. The van der Waals surface area contributed by atoms with Gasteiger partial charge in [0.05, 0.1) is 7.11 Å². The molecule has 122 valence electrons. The predicted octanol–water partition coefficient (Wildman–Crippen LogP) is 4.06. The molecule has 2 aromatic carbocycles. The molecule has 4 heteroatoms. The Hall–Kier alpha value is -1.71. The molecule has 1 fully saturated rings. The van der Waals surface area contributed by atoms with Crippen molar-refractivity contribution in [3.05, 3.63) is 59.1 Å². The second kappa shape index (κ2) is 7.71. The van der Waals surface area contributed by atoms with Crippen LogP contribution in [0.5, 0.6) is 5.75 Å². The van der Waals surface area contributed by atoms with E-state index in [1.54, 1.807) is 7.11 Å². The molecular weight excluding hydrogens is 308 g/mol. The Labute approximate surface area is 143 Å². The fourth-order valence-electron chi connectivity index (χ4n) is 3.05. The number of nitrogens with zero attached hydrogens (tertiary/aromatic N) is 2. The summed E-state index contributed by atoms with van der Waals surface area (Å²) in [5.74, 6) is 0.906. The normalized spacial score (nSPS) is 16.2. The standard InChI is InChI=1S/C19H23ClN2O/c1-23-18-9-7-17(8-10-18)22-12-4-11-21(13-14-22)15-16-5-2-3-6-19(16)20/h2-3,5-10H,4,11-15H2,1H3. The highest BCUT2D eigenvalue weighted by atomic mass is 35.5. The van der Waals surface area contributed by atoms with E-state index in [9.17, 15) is 0 Å².